The van der Waals surface area contributed by atoms with Crippen molar-refractivity contribution in [2.45, 2.75) is 19.3 Å². The van der Waals surface area contributed by atoms with Gasteiger partial charge < -0.3 is 14.8 Å². The number of hydrogen-bond acceptors (Lipinski definition) is 7. The van der Waals surface area contributed by atoms with E-state index in [1.807, 2.05) is 0 Å². The minimum absolute atomic E-state index is 0.409. The van der Waals surface area contributed by atoms with E-state index in [1.165, 1.54) is 24.5 Å². The summed E-state index contributed by atoms with van der Waals surface area (Å²) in [6.07, 6.45) is 8.69. The second kappa shape index (κ2) is 8.59. The first kappa shape index (κ1) is 18.8. The molecule has 1 aliphatic rings. The maximum Gasteiger partial charge on any atom is 0.341 e. The average molecular weight is 386 g/mol. The molecule has 0 radical (unpaired) electrons. The number of aromatic nitrogens is 1. The standard InChI is InChI=1S/C19H18N2O5S/c1-25-19(24)17-13-3-2-4-14(13)27-18(17)21-15(22)11-26-16(23)6-5-12-7-9-20-10-8-12/h5-10H,2-4,11H2,1H3,(H,21,22)/b6-5+. The van der Waals surface area contributed by atoms with Crippen LogP contribution < -0.4 is 5.32 Å². The number of esters is 2. The van der Waals surface area contributed by atoms with E-state index in [-0.39, 0.29) is 0 Å². The van der Waals surface area contributed by atoms with Gasteiger partial charge in [-0.3, -0.25) is 9.78 Å². The summed E-state index contributed by atoms with van der Waals surface area (Å²) >= 11 is 1.37. The number of amides is 1. The molecule has 0 aromatic carbocycles. The first-order valence-corrected chi connectivity index (χ1v) is 9.17. The number of pyridine rings is 1. The topological polar surface area (TPSA) is 94.6 Å². The van der Waals surface area contributed by atoms with E-state index in [0.29, 0.717) is 10.6 Å². The Kier molecular flexibility index (Phi) is 5.97. The van der Waals surface area contributed by atoms with Crippen LogP contribution in [0.1, 0.15) is 32.8 Å². The summed E-state index contributed by atoms with van der Waals surface area (Å²) < 4.78 is 9.77. The zero-order valence-electron chi connectivity index (χ0n) is 14.7. The van der Waals surface area contributed by atoms with Crippen molar-refractivity contribution < 1.29 is 23.9 Å². The molecule has 27 heavy (non-hydrogen) atoms. The summed E-state index contributed by atoms with van der Waals surface area (Å²) in [6, 6.07) is 3.47. The van der Waals surface area contributed by atoms with Crippen LogP contribution in [0, 0.1) is 0 Å². The number of anilines is 1. The van der Waals surface area contributed by atoms with Gasteiger partial charge in [0.25, 0.3) is 5.91 Å². The monoisotopic (exact) mass is 386 g/mol. The molecule has 2 aromatic heterocycles. The molecule has 7 nitrogen and oxygen atoms in total. The number of fused-ring (bicyclic) bond motifs is 1. The zero-order chi connectivity index (χ0) is 19.2. The van der Waals surface area contributed by atoms with Crippen LogP contribution in [0.4, 0.5) is 5.00 Å². The van der Waals surface area contributed by atoms with Crippen LogP contribution in [-0.2, 0) is 31.9 Å². The van der Waals surface area contributed by atoms with Crippen LogP contribution in [0.3, 0.4) is 0 Å². The number of rotatable bonds is 6. The normalized spacial score (nSPS) is 12.6. The van der Waals surface area contributed by atoms with Gasteiger partial charge in [-0.2, -0.15) is 0 Å². The molecule has 1 N–H and O–H groups in total. The number of aryl methyl sites for hydroxylation is 1. The van der Waals surface area contributed by atoms with Crippen LogP contribution in [0.15, 0.2) is 30.6 Å². The molecule has 0 saturated carbocycles. The summed E-state index contributed by atoms with van der Waals surface area (Å²) in [7, 11) is 1.31. The summed E-state index contributed by atoms with van der Waals surface area (Å²) in [6.45, 7) is -0.442. The molecule has 3 rings (SSSR count). The Morgan fingerprint density at radius 3 is 2.78 bits per heavy atom. The maximum atomic E-state index is 12.1. The third-order valence-electron chi connectivity index (χ3n) is 4.03. The zero-order valence-corrected chi connectivity index (χ0v) is 15.5. The van der Waals surface area contributed by atoms with Crippen molar-refractivity contribution in [1.82, 2.24) is 4.98 Å². The van der Waals surface area contributed by atoms with E-state index in [9.17, 15) is 14.4 Å². The van der Waals surface area contributed by atoms with Crippen molar-refractivity contribution >= 4 is 40.3 Å². The predicted molar refractivity (Wildman–Crippen MR) is 101 cm³/mol. The molecule has 0 unspecified atom stereocenters. The van der Waals surface area contributed by atoms with Gasteiger partial charge in [0, 0.05) is 23.3 Å². The molecule has 2 aromatic rings. The van der Waals surface area contributed by atoms with E-state index in [0.717, 1.165) is 35.3 Å². The molecule has 0 atom stereocenters. The quantitative estimate of drug-likeness (QED) is 0.606. The average Bonchev–Trinajstić information content (AvgIpc) is 3.25. The smallest absolute Gasteiger partial charge is 0.341 e. The fourth-order valence-corrected chi connectivity index (χ4v) is 4.09. The molecule has 0 saturated heterocycles. The molecular formula is C19H18N2O5S. The van der Waals surface area contributed by atoms with Crippen molar-refractivity contribution in [1.29, 1.82) is 0 Å². The minimum Gasteiger partial charge on any atom is -0.465 e. The number of nitrogens with zero attached hydrogens (tertiary/aromatic N) is 1. The van der Waals surface area contributed by atoms with Gasteiger partial charge in [0.1, 0.15) is 5.00 Å². The molecule has 2 heterocycles. The lowest BCUT2D eigenvalue weighted by Gasteiger charge is -2.07. The Labute approximate surface area is 160 Å². The molecule has 8 heteroatoms. The van der Waals surface area contributed by atoms with Gasteiger partial charge in [-0.1, -0.05) is 0 Å². The number of carbonyl (C=O) groups excluding carboxylic acids is 3. The molecule has 0 fully saturated rings. The molecule has 0 bridgehead atoms. The summed E-state index contributed by atoms with van der Waals surface area (Å²) in [5, 5.41) is 3.10. The van der Waals surface area contributed by atoms with Crippen molar-refractivity contribution in [2.24, 2.45) is 0 Å². The van der Waals surface area contributed by atoms with Gasteiger partial charge in [0.05, 0.1) is 12.7 Å². The molecule has 0 spiro atoms. The number of nitrogens with one attached hydrogen (secondary N) is 1. The van der Waals surface area contributed by atoms with E-state index < -0.39 is 24.5 Å². The van der Waals surface area contributed by atoms with Gasteiger partial charge in [0.15, 0.2) is 6.61 Å². The highest BCUT2D eigenvalue weighted by molar-refractivity contribution is 7.17. The lowest BCUT2D eigenvalue weighted by Crippen LogP contribution is -2.21. The second-order valence-electron chi connectivity index (χ2n) is 5.82. The number of carbonyl (C=O) groups is 3. The Hall–Kier alpha value is -3.00. The largest absolute Gasteiger partial charge is 0.465 e. The van der Waals surface area contributed by atoms with Gasteiger partial charge in [-0.25, -0.2) is 9.59 Å². The third kappa shape index (κ3) is 4.59. The number of hydrogen-bond donors (Lipinski definition) is 1. The highest BCUT2D eigenvalue weighted by Crippen LogP contribution is 2.39. The van der Waals surface area contributed by atoms with Gasteiger partial charge in [-0.15, -0.1) is 11.3 Å². The summed E-state index contributed by atoms with van der Waals surface area (Å²) in [5.41, 5.74) is 2.15. The van der Waals surface area contributed by atoms with E-state index in [4.69, 9.17) is 9.47 Å². The summed E-state index contributed by atoms with van der Waals surface area (Å²) in [4.78, 5) is 40.9. The van der Waals surface area contributed by atoms with Crippen molar-refractivity contribution in [3.63, 3.8) is 0 Å². The maximum absolute atomic E-state index is 12.1. The first-order chi connectivity index (χ1) is 13.1. The summed E-state index contributed by atoms with van der Waals surface area (Å²) in [5.74, 6) is -1.61. The molecular weight excluding hydrogens is 368 g/mol. The molecule has 140 valence electrons. The van der Waals surface area contributed by atoms with Crippen molar-refractivity contribution in [3.05, 3.63) is 52.2 Å². The van der Waals surface area contributed by atoms with Crippen LogP contribution in [-0.4, -0.2) is 36.5 Å². The Morgan fingerprint density at radius 2 is 2.04 bits per heavy atom. The van der Waals surface area contributed by atoms with E-state index in [1.54, 1.807) is 30.6 Å². The highest BCUT2D eigenvalue weighted by Gasteiger charge is 2.28. The third-order valence-corrected chi connectivity index (χ3v) is 5.23. The Morgan fingerprint density at radius 1 is 1.26 bits per heavy atom. The van der Waals surface area contributed by atoms with Crippen LogP contribution in [0.5, 0.6) is 0 Å². The first-order valence-electron chi connectivity index (χ1n) is 8.36. The van der Waals surface area contributed by atoms with Crippen molar-refractivity contribution in [2.75, 3.05) is 19.0 Å². The van der Waals surface area contributed by atoms with Gasteiger partial charge >= 0.3 is 11.9 Å². The van der Waals surface area contributed by atoms with E-state index >= 15 is 0 Å². The number of methoxy groups -OCH3 is 1. The molecule has 1 amide bonds. The highest BCUT2D eigenvalue weighted by atomic mass is 32.1. The Bertz CT molecular complexity index is 889. The lowest BCUT2D eigenvalue weighted by molar-refractivity contribution is -0.142. The second-order valence-corrected chi connectivity index (χ2v) is 6.93. The molecule has 1 aliphatic carbocycles. The lowest BCUT2D eigenvalue weighted by atomic mass is 10.1. The molecule has 0 aliphatic heterocycles. The number of ether oxygens (including phenoxy) is 2. The predicted octanol–water partition coefficient (Wildman–Crippen LogP) is 2.61. The van der Waals surface area contributed by atoms with Crippen LogP contribution in [0.2, 0.25) is 0 Å². The van der Waals surface area contributed by atoms with E-state index in [2.05, 4.69) is 10.3 Å². The van der Waals surface area contributed by atoms with Gasteiger partial charge in [0.2, 0.25) is 0 Å². The van der Waals surface area contributed by atoms with Gasteiger partial charge in [-0.05, 0) is 48.6 Å². The van der Waals surface area contributed by atoms with Crippen LogP contribution >= 0.6 is 11.3 Å². The minimum atomic E-state index is -0.635. The number of thiophene rings is 1. The fraction of sp³-hybridized carbons (Fsp3) is 0.263. The Balaban J connectivity index is 1.58. The fourth-order valence-electron chi connectivity index (χ4n) is 2.80. The SMILES string of the molecule is COC(=O)c1c(NC(=O)COC(=O)/C=C/c2ccncc2)sc2c1CCC2. The van der Waals surface area contributed by atoms with Crippen LogP contribution in [0.25, 0.3) is 6.08 Å². The van der Waals surface area contributed by atoms with Crippen molar-refractivity contribution in [3.8, 4) is 0 Å².